The Hall–Kier alpha value is -3.22. The van der Waals surface area contributed by atoms with E-state index in [1.807, 2.05) is 30.7 Å². The van der Waals surface area contributed by atoms with Crippen LogP contribution in [0.25, 0.3) is 11.0 Å². The molecule has 1 amide bonds. The van der Waals surface area contributed by atoms with Crippen molar-refractivity contribution in [2.45, 2.75) is 32.9 Å². The summed E-state index contributed by atoms with van der Waals surface area (Å²) in [7, 11) is 0. The zero-order chi connectivity index (χ0) is 19.1. The molecule has 1 aliphatic rings. The molecule has 138 valence electrons. The summed E-state index contributed by atoms with van der Waals surface area (Å²) in [4.78, 5) is 30.5. The first-order valence-electron chi connectivity index (χ1n) is 8.92. The lowest BCUT2D eigenvalue weighted by molar-refractivity contribution is 0.0694. The lowest BCUT2D eigenvalue weighted by Gasteiger charge is -2.29. The summed E-state index contributed by atoms with van der Waals surface area (Å²) in [5, 5.41) is 14.5. The fourth-order valence-corrected chi connectivity index (χ4v) is 3.60. The van der Waals surface area contributed by atoms with Crippen LogP contribution < -0.4 is 0 Å². The Balaban J connectivity index is 1.61. The van der Waals surface area contributed by atoms with Gasteiger partial charge in [0.25, 0.3) is 5.91 Å². The highest BCUT2D eigenvalue weighted by Crippen LogP contribution is 2.25. The first-order valence-corrected chi connectivity index (χ1v) is 8.92. The largest absolute Gasteiger partial charge is 0.478 e. The second kappa shape index (κ2) is 6.50. The zero-order valence-corrected chi connectivity index (χ0v) is 15.2. The Bertz CT molecular complexity index is 1050. The van der Waals surface area contributed by atoms with Gasteiger partial charge in [-0.05, 0) is 43.5 Å². The maximum absolute atomic E-state index is 13.0. The molecule has 7 nitrogen and oxygen atoms in total. The molecule has 27 heavy (non-hydrogen) atoms. The third-order valence-corrected chi connectivity index (χ3v) is 4.95. The third-order valence-electron chi connectivity index (χ3n) is 4.95. The van der Waals surface area contributed by atoms with Gasteiger partial charge in [0.05, 0.1) is 17.3 Å². The number of fused-ring (bicyclic) bond motifs is 2. The predicted molar refractivity (Wildman–Crippen MR) is 99.8 cm³/mol. The number of hydrogen-bond donors (Lipinski definition) is 1. The summed E-state index contributed by atoms with van der Waals surface area (Å²) < 4.78 is 1.83. The lowest BCUT2D eigenvalue weighted by atomic mass is 9.94. The van der Waals surface area contributed by atoms with E-state index in [0.717, 1.165) is 22.2 Å². The summed E-state index contributed by atoms with van der Waals surface area (Å²) in [5.41, 5.74) is 3.31. The molecule has 0 fully saturated rings. The van der Waals surface area contributed by atoms with E-state index in [2.05, 4.69) is 10.1 Å². The first-order chi connectivity index (χ1) is 13.0. The van der Waals surface area contributed by atoms with Gasteiger partial charge in [-0.1, -0.05) is 12.1 Å². The van der Waals surface area contributed by atoms with Crippen LogP contribution in [0.1, 0.15) is 51.7 Å². The molecule has 0 saturated carbocycles. The second-order valence-corrected chi connectivity index (χ2v) is 7.04. The van der Waals surface area contributed by atoms with E-state index in [0.29, 0.717) is 30.6 Å². The highest BCUT2D eigenvalue weighted by Gasteiger charge is 2.25. The van der Waals surface area contributed by atoms with Gasteiger partial charge in [0, 0.05) is 30.7 Å². The lowest BCUT2D eigenvalue weighted by Crippen LogP contribution is -2.36. The Labute approximate surface area is 156 Å². The summed E-state index contributed by atoms with van der Waals surface area (Å²) in [6, 6.07) is 7.24. The van der Waals surface area contributed by atoms with Gasteiger partial charge in [0.2, 0.25) is 0 Å². The zero-order valence-electron chi connectivity index (χ0n) is 15.2. The van der Waals surface area contributed by atoms with Crippen molar-refractivity contribution in [3.05, 3.63) is 58.9 Å². The Kier molecular flexibility index (Phi) is 4.14. The Morgan fingerprint density at radius 1 is 1.22 bits per heavy atom. The van der Waals surface area contributed by atoms with Crippen molar-refractivity contribution < 1.29 is 14.7 Å². The number of hydrogen-bond acceptors (Lipinski definition) is 4. The van der Waals surface area contributed by atoms with Crippen molar-refractivity contribution in [2.75, 3.05) is 6.54 Å². The number of rotatable bonds is 3. The number of benzene rings is 1. The number of aromatic nitrogens is 3. The summed E-state index contributed by atoms with van der Waals surface area (Å²) >= 11 is 0. The van der Waals surface area contributed by atoms with Crippen LogP contribution in [0.3, 0.4) is 0 Å². The van der Waals surface area contributed by atoms with Gasteiger partial charge in [0.1, 0.15) is 0 Å². The van der Waals surface area contributed by atoms with Crippen LogP contribution in [0, 0.1) is 0 Å². The molecule has 1 aliphatic heterocycles. The molecule has 0 radical (unpaired) electrons. The first kappa shape index (κ1) is 17.2. The van der Waals surface area contributed by atoms with Crippen molar-refractivity contribution in [3.8, 4) is 0 Å². The molecule has 2 aromatic heterocycles. The molecule has 0 spiro atoms. The number of aromatic carboxylic acids is 1. The molecular weight excluding hydrogens is 344 g/mol. The topological polar surface area (TPSA) is 88.3 Å². The van der Waals surface area contributed by atoms with Crippen molar-refractivity contribution in [2.24, 2.45) is 0 Å². The second-order valence-electron chi connectivity index (χ2n) is 7.04. The van der Waals surface area contributed by atoms with E-state index in [9.17, 15) is 14.7 Å². The van der Waals surface area contributed by atoms with Crippen LogP contribution in [0.5, 0.6) is 0 Å². The molecule has 4 rings (SSSR count). The minimum atomic E-state index is -0.927. The van der Waals surface area contributed by atoms with Gasteiger partial charge in [-0.3, -0.25) is 4.79 Å². The highest BCUT2D eigenvalue weighted by molar-refractivity contribution is 5.97. The van der Waals surface area contributed by atoms with Crippen LogP contribution in [-0.4, -0.2) is 43.2 Å². The molecule has 0 unspecified atom stereocenters. The van der Waals surface area contributed by atoms with Crippen molar-refractivity contribution in [3.63, 3.8) is 0 Å². The molecule has 1 aromatic carbocycles. The van der Waals surface area contributed by atoms with Gasteiger partial charge in [-0.25, -0.2) is 14.5 Å². The molecule has 0 atom stereocenters. The molecule has 7 heteroatoms. The standard InChI is InChI=1S/C20H20N4O3/c1-12(2)24-18-14(10-22-24)8-15(9-21-18)19(25)23-7-6-16-13(11-23)4-3-5-17(16)20(26)27/h3-5,8-10,12H,6-7,11H2,1-2H3,(H,26,27). The van der Waals surface area contributed by atoms with Crippen LogP contribution in [0.15, 0.2) is 36.7 Å². The predicted octanol–water partition coefficient (Wildman–Crippen LogP) is 2.91. The average molecular weight is 364 g/mol. The number of carbonyl (C=O) groups is 2. The Morgan fingerprint density at radius 2 is 2.04 bits per heavy atom. The fraction of sp³-hybridized carbons (Fsp3) is 0.300. The normalized spacial score (nSPS) is 13.8. The van der Waals surface area contributed by atoms with E-state index in [1.165, 1.54) is 0 Å². The molecular formula is C20H20N4O3. The van der Waals surface area contributed by atoms with E-state index in [4.69, 9.17) is 0 Å². The molecule has 3 aromatic rings. The van der Waals surface area contributed by atoms with Gasteiger partial charge in [0.15, 0.2) is 5.65 Å². The molecule has 0 aliphatic carbocycles. The van der Waals surface area contributed by atoms with Gasteiger partial charge >= 0.3 is 5.97 Å². The van der Waals surface area contributed by atoms with Crippen molar-refractivity contribution in [1.29, 1.82) is 0 Å². The monoisotopic (exact) mass is 364 g/mol. The van der Waals surface area contributed by atoms with E-state index in [-0.39, 0.29) is 11.9 Å². The maximum Gasteiger partial charge on any atom is 0.335 e. The van der Waals surface area contributed by atoms with Crippen LogP contribution in [-0.2, 0) is 13.0 Å². The van der Waals surface area contributed by atoms with Crippen LogP contribution in [0.4, 0.5) is 0 Å². The van der Waals surface area contributed by atoms with E-state index >= 15 is 0 Å². The van der Waals surface area contributed by atoms with E-state index in [1.54, 1.807) is 29.4 Å². The number of pyridine rings is 1. The summed E-state index contributed by atoms with van der Waals surface area (Å²) in [6.07, 6.45) is 3.85. The fourth-order valence-electron chi connectivity index (χ4n) is 3.60. The number of amides is 1. The molecule has 1 N–H and O–H groups in total. The average Bonchev–Trinajstić information content (AvgIpc) is 3.09. The van der Waals surface area contributed by atoms with Gasteiger partial charge in [-0.2, -0.15) is 5.10 Å². The van der Waals surface area contributed by atoms with Gasteiger partial charge in [-0.15, -0.1) is 0 Å². The molecule has 3 heterocycles. The maximum atomic E-state index is 13.0. The number of carboxylic acid groups (broad SMARTS) is 1. The van der Waals surface area contributed by atoms with Crippen molar-refractivity contribution in [1.82, 2.24) is 19.7 Å². The highest BCUT2D eigenvalue weighted by atomic mass is 16.4. The number of nitrogens with zero attached hydrogens (tertiary/aromatic N) is 4. The van der Waals surface area contributed by atoms with E-state index < -0.39 is 5.97 Å². The molecule has 0 bridgehead atoms. The third kappa shape index (κ3) is 2.95. The smallest absolute Gasteiger partial charge is 0.335 e. The number of carboxylic acids is 1. The summed E-state index contributed by atoms with van der Waals surface area (Å²) in [6.45, 7) is 4.95. The Morgan fingerprint density at radius 3 is 2.78 bits per heavy atom. The van der Waals surface area contributed by atoms with Crippen molar-refractivity contribution >= 4 is 22.9 Å². The number of carbonyl (C=O) groups excluding carboxylic acids is 1. The SMILES string of the molecule is CC(C)n1ncc2cc(C(=O)N3CCc4c(cccc4C(=O)O)C3)cnc21. The molecule has 0 saturated heterocycles. The quantitative estimate of drug-likeness (QED) is 0.772. The van der Waals surface area contributed by atoms with Crippen LogP contribution >= 0.6 is 0 Å². The summed E-state index contributed by atoms with van der Waals surface area (Å²) in [5.74, 6) is -1.03. The van der Waals surface area contributed by atoms with Crippen LogP contribution in [0.2, 0.25) is 0 Å². The van der Waals surface area contributed by atoms with Gasteiger partial charge < -0.3 is 10.0 Å². The minimum Gasteiger partial charge on any atom is -0.478 e. The minimum absolute atomic E-state index is 0.104.